The van der Waals surface area contributed by atoms with Crippen molar-refractivity contribution in [3.8, 4) is 0 Å². The molecule has 3 heteroatoms. The molecule has 1 aromatic rings. The second kappa shape index (κ2) is 8.52. The monoisotopic (exact) mass is 291 g/mol. The van der Waals surface area contributed by atoms with Crippen LogP contribution in [0.25, 0.3) is 0 Å². The third-order valence-electron chi connectivity index (χ3n) is 4.48. The first-order valence-corrected chi connectivity index (χ1v) is 8.34. The Hall–Kier alpha value is -0.900. The fourth-order valence-electron chi connectivity index (χ4n) is 3.19. The summed E-state index contributed by atoms with van der Waals surface area (Å²) >= 11 is 0. The average molecular weight is 291 g/mol. The van der Waals surface area contributed by atoms with Gasteiger partial charge in [-0.2, -0.15) is 0 Å². The number of nitrogens with one attached hydrogen (secondary N) is 1. The summed E-state index contributed by atoms with van der Waals surface area (Å²) in [6, 6.07) is 10.2. The van der Waals surface area contributed by atoms with Gasteiger partial charge in [0.1, 0.15) is 0 Å². The van der Waals surface area contributed by atoms with Crippen LogP contribution in [0.5, 0.6) is 0 Å². The van der Waals surface area contributed by atoms with E-state index in [0.29, 0.717) is 12.7 Å². The molecular formula is C18H29NO2. The van der Waals surface area contributed by atoms with Gasteiger partial charge in [0.25, 0.3) is 0 Å². The number of aliphatic hydroxyl groups excluding tert-OH is 1. The van der Waals surface area contributed by atoms with E-state index in [9.17, 15) is 5.11 Å². The highest BCUT2D eigenvalue weighted by Gasteiger charge is 2.32. The van der Waals surface area contributed by atoms with Crippen LogP contribution in [0, 0.1) is 0 Å². The Morgan fingerprint density at radius 2 is 1.81 bits per heavy atom. The van der Waals surface area contributed by atoms with Crippen LogP contribution in [0.4, 0.5) is 0 Å². The molecule has 2 rings (SSSR count). The first kappa shape index (κ1) is 16.5. The largest absolute Gasteiger partial charge is 0.394 e. The number of benzene rings is 1. The minimum Gasteiger partial charge on any atom is -0.394 e. The van der Waals surface area contributed by atoms with Crippen molar-refractivity contribution in [2.75, 3.05) is 19.8 Å². The molecule has 1 aliphatic rings. The summed E-state index contributed by atoms with van der Waals surface area (Å²) in [6.07, 6.45) is 7.85. The lowest BCUT2D eigenvalue weighted by atomic mass is 9.91. The smallest absolute Gasteiger partial charge is 0.0906 e. The molecule has 1 aliphatic carbocycles. The second-order valence-corrected chi connectivity index (χ2v) is 6.06. The summed E-state index contributed by atoms with van der Waals surface area (Å²) in [5.41, 5.74) is 0.616. The lowest BCUT2D eigenvalue weighted by molar-refractivity contribution is -0.0172. The van der Waals surface area contributed by atoms with Crippen molar-refractivity contribution < 1.29 is 9.84 Å². The van der Waals surface area contributed by atoms with Crippen LogP contribution in [0.3, 0.4) is 0 Å². The van der Waals surface area contributed by atoms with Gasteiger partial charge in [0.2, 0.25) is 0 Å². The molecule has 0 aromatic heterocycles. The molecule has 21 heavy (non-hydrogen) atoms. The number of likely N-dealkylation sites (N-methyl/N-ethyl adjacent to an activating group) is 1. The van der Waals surface area contributed by atoms with E-state index in [0.717, 1.165) is 24.9 Å². The van der Waals surface area contributed by atoms with Gasteiger partial charge in [-0.15, -0.1) is 0 Å². The Bertz CT molecular complexity index is 387. The Morgan fingerprint density at radius 3 is 2.38 bits per heavy atom. The quantitative estimate of drug-likeness (QED) is 0.758. The highest BCUT2D eigenvalue weighted by atomic mass is 16.5. The maximum absolute atomic E-state index is 10.0. The molecule has 118 valence electrons. The summed E-state index contributed by atoms with van der Waals surface area (Å²) in [5, 5.41) is 13.4. The molecule has 0 aliphatic heterocycles. The van der Waals surface area contributed by atoms with Crippen molar-refractivity contribution in [2.45, 2.75) is 57.1 Å². The fourth-order valence-corrected chi connectivity index (χ4v) is 3.19. The number of hydrogen-bond donors (Lipinski definition) is 2. The first-order chi connectivity index (χ1) is 10.3. The Morgan fingerprint density at radius 1 is 1.14 bits per heavy atom. The van der Waals surface area contributed by atoms with Gasteiger partial charge >= 0.3 is 0 Å². The fraction of sp³-hybridized carbons (Fsp3) is 0.667. The van der Waals surface area contributed by atoms with E-state index in [-0.39, 0.29) is 6.61 Å². The van der Waals surface area contributed by atoms with Gasteiger partial charge in [0, 0.05) is 0 Å². The molecule has 1 unspecified atom stereocenters. The maximum atomic E-state index is 10.0. The van der Waals surface area contributed by atoms with Crippen molar-refractivity contribution in [3.63, 3.8) is 0 Å². The van der Waals surface area contributed by atoms with Gasteiger partial charge in [-0.25, -0.2) is 0 Å². The SMILES string of the molecule is CCNC(CO)(COC1CCCCCC1)c1ccccc1. The summed E-state index contributed by atoms with van der Waals surface area (Å²) in [6.45, 7) is 3.46. The van der Waals surface area contributed by atoms with Crippen molar-refractivity contribution in [3.05, 3.63) is 35.9 Å². The first-order valence-electron chi connectivity index (χ1n) is 8.34. The molecule has 3 nitrogen and oxygen atoms in total. The lowest BCUT2D eigenvalue weighted by Gasteiger charge is -2.34. The van der Waals surface area contributed by atoms with Crippen LogP contribution in [0.1, 0.15) is 51.0 Å². The zero-order chi connectivity index (χ0) is 15.0. The third-order valence-corrected chi connectivity index (χ3v) is 4.48. The zero-order valence-electron chi connectivity index (χ0n) is 13.2. The topological polar surface area (TPSA) is 41.5 Å². The van der Waals surface area contributed by atoms with E-state index in [1.165, 1.54) is 25.7 Å². The van der Waals surface area contributed by atoms with Gasteiger partial charge < -0.3 is 15.2 Å². The standard InChI is InChI=1S/C18H29NO2/c1-2-19-18(14-20,16-10-6-5-7-11-16)15-21-17-12-8-3-4-9-13-17/h5-7,10-11,17,19-20H,2-4,8-9,12-15H2,1H3. The highest BCUT2D eigenvalue weighted by Crippen LogP contribution is 2.25. The molecule has 1 aromatic carbocycles. The van der Waals surface area contributed by atoms with Crippen molar-refractivity contribution in [1.29, 1.82) is 0 Å². The number of rotatable bonds is 7. The predicted octanol–water partition coefficient (Wildman–Crippen LogP) is 3.22. The Balaban J connectivity index is 2.05. The van der Waals surface area contributed by atoms with E-state index in [2.05, 4.69) is 24.4 Å². The summed E-state index contributed by atoms with van der Waals surface area (Å²) in [5.74, 6) is 0. The summed E-state index contributed by atoms with van der Waals surface area (Å²) < 4.78 is 6.20. The minimum atomic E-state index is -0.484. The molecule has 1 atom stereocenters. The molecule has 0 spiro atoms. The van der Waals surface area contributed by atoms with Crippen LogP contribution in [0.15, 0.2) is 30.3 Å². The van der Waals surface area contributed by atoms with Gasteiger partial charge in [-0.1, -0.05) is 62.9 Å². The third kappa shape index (κ3) is 4.53. The van der Waals surface area contributed by atoms with Crippen LogP contribution in [-0.2, 0) is 10.3 Å². The van der Waals surface area contributed by atoms with Gasteiger partial charge in [0.15, 0.2) is 0 Å². The highest BCUT2D eigenvalue weighted by molar-refractivity contribution is 5.25. The average Bonchev–Trinajstić information content (AvgIpc) is 2.81. The van der Waals surface area contributed by atoms with Gasteiger partial charge in [-0.3, -0.25) is 0 Å². The van der Waals surface area contributed by atoms with E-state index < -0.39 is 5.54 Å². The summed E-state index contributed by atoms with van der Waals surface area (Å²) in [4.78, 5) is 0. The number of aliphatic hydroxyl groups is 1. The molecule has 0 amide bonds. The molecular weight excluding hydrogens is 262 g/mol. The maximum Gasteiger partial charge on any atom is 0.0906 e. The Kier molecular flexibility index (Phi) is 6.68. The molecule has 2 N–H and O–H groups in total. The lowest BCUT2D eigenvalue weighted by Crippen LogP contribution is -2.50. The van der Waals surface area contributed by atoms with E-state index in [4.69, 9.17) is 4.74 Å². The normalized spacial score (nSPS) is 19.9. The molecule has 0 bridgehead atoms. The van der Waals surface area contributed by atoms with Crippen LogP contribution in [0.2, 0.25) is 0 Å². The minimum absolute atomic E-state index is 0.0531. The summed E-state index contributed by atoms with van der Waals surface area (Å²) in [7, 11) is 0. The number of ether oxygens (including phenoxy) is 1. The Labute approximate surface area is 128 Å². The van der Waals surface area contributed by atoms with Crippen molar-refractivity contribution in [2.24, 2.45) is 0 Å². The second-order valence-electron chi connectivity index (χ2n) is 6.06. The predicted molar refractivity (Wildman–Crippen MR) is 86.3 cm³/mol. The zero-order valence-corrected chi connectivity index (χ0v) is 13.2. The molecule has 0 radical (unpaired) electrons. The van der Waals surface area contributed by atoms with Gasteiger partial charge in [-0.05, 0) is 24.9 Å². The van der Waals surface area contributed by atoms with Gasteiger partial charge in [0.05, 0.1) is 24.9 Å². The van der Waals surface area contributed by atoms with E-state index >= 15 is 0 Å². The van der Waals surface area contributed by atoms with E-state index in [1.54, 1.807) is 0 Å². The molecule has 0 saturated heterocycles. The number of hydrogen-bond acceptors (Lipinski definition) is 3. The van der Waals surface area contributed by atoms with E-state index in [1.807, 2.05) is 18.2 Å². The van der Waals surface area contributed by atoms with Crippen molar-refractivity contribution in [1.82, 2.24) is 5.32 Å². The molecule has 1 fully saturated rings. The van der Waals surface area contributed by atoms with Crippen LogP contribution < -0.4 is 5.32 Å². The molecule has 0 heterocycles. The molecule has 1 saturated carbocycles. The van der Waals surface area contributed by atoms with Crippen molar-refractivity contribution >= 4 is 0 Å². The van der Waals surface area contributed by atoms with Crippen LogP contribution in [-0.4, -0.2) is 31.0 Å². The van der Waals surface area contributed by atoms with Crippen LogP contribution >= 0.6 is 0 Å².